The molecule has 130 valence electrons. The summed E-state index contributed by atoms with van der Waals surface area (Å²) in [6, 6.07) is 17.4. The number of nitrogens with zero attached hydrogens (tertiary/aromatic N) is 4. The van der Waals surface area contributed by atoms with Gasteiger partial charge in [-0.1, -0.05) is 53.7 Å². The number of likely N-dealkylation sites (tertiary alicyclic amines) is 1. The van der Waals surface area contributed by atoms with Crippen LogP contribution in [-0.4, -0.2) is 44.8 Å². The van der Waals surface area contributed by atoms with Gasteiger partial charge < -0.3 is 10.6 Å². The minimum atomic E-state index is -0.611. The third kappa shape index (κ3) is 2.83. The van der Waals surface area contributed by atoms with Gasteiger partial charge >= 0.3 is 0 Å². The van der Waals surface area contributed by atoms with E-state index >= 15 is 0 Å². The van der Waals surface area contributed by atoms with Crippen LogP contribution in [0, 0.1) is 0 Å². The second-order valence-electron chi connectivity index (χ2n) is 6.22. The number of hydrogen-bond donors (Lipinski definition) is 1. The van der Waals surface area contributed by atoms with Crippen molar-refractivity contribution in [1.82, 2.24) is 19.9 Å². The molecule has 1 aromatic heterocycles. The van der Waals surface area contributed by atoms with E-state index in [0.29, 0.717) is 18.7 Å². The van der Waals surface area contributed by atoms with E-state index in [1.54, 1.807) is 9.58 Å². The van der Waals surface area contributed by atoms with Gasteiger partial charge in [-0.15, -0.1) is 5.10 Å². The van der Waals surface area contributed by atoms with Crippen molar-refractivity contribution in [3.8, 4) is 11.1 Å². The van der Waals surface area contributed by atoms with E-state index in [2.05, 4.69) is 10.3 Å². The Balaban J connectivity index is 1.51. The van der Waals surface area contributed by atoms with Crippen LogP contribution in [0.4, 0.5) is 0 Å². The summed E-state index contributed by atoms with van der Waals surface area (Å²) in [6.45, 7) is 1.03. The molecule has 1 aliphatic rings. The quantitative estimate of drug-likeness (QED) is 0.778. The average molecular weight is 347 g/mol. The first kappa shape index (κ1) is 16.0. The summed E-state index contributed by atoms with van der Waals surface area (Å²) < 4.78 is 1.59. The fourth-order valence-electron chi connectivity index (χ4n) is 3.07. The van der Waals surface area contributed by atoms with Crippen LogP contribution >= 0.6 is 0 Å². The minimum Gasteiger partial charge on any atom is -0.364 e. The number of carbonyl (C=O) groups excluding carboxylic acids is 2. The summed E-state index contributed by atoms with van der Waals surface area (Å²) in [7, 11) is 0. The number of aromatic nitrogens is 3. The Bertz CT molecular complexity index is 961. The second-order valence-corrected chi connectivity index (χ2v) is 6.22. The van der Waals surface area contributed by atoms with Crippen LogP contribution in [0.1, 0.15) is 26.9 Å². The molecule has 4 rings (SSSR count). The van der Waals surface area contributed by atoms with E-state index in [4.69, 9.17) is 5.73 Å². The SMILES string of the molecule is NC(=O)c1cn(C2CN(C(=O)c3ccccc3-c3ccccc3)C2)nn1. The smallest absolute Gasteiger partial charge is 0.270 e. The molecule has 2 heterocycles. The zero-order valence-electron chi connectivity index (χ0n) is 13.9. The molecular formula is C19H17N5O2. The number of hydrogen-bond acceptors (Lipinski definition) is 4. The molecule has 2 N–H and O–H groups in total. The van der Waals surface area contributed by atoms with Crippen LogP contribution in [0.5, 0.6) is 0 Å². The highest BCUT2D eigenvalue weighted by atomic mass is 16.2. The van der Waals surface area contributed by atoms with Gasteiger partial charge in [0.2, 0.25) is 0 Å². The first-order chi connectivity index (χ1) is 12.6. The van der Waals surface area contributed by atoms with Gasteiger partial charge in [0.1, 0.15) is 0 Å². The van der Waals surface area contributed by atoms with Crippen molar-refractivity contribution in [3.05, 3.63) is 72.1 Å². The fourth-order valence-corrected chi connectivity index (χ4v) is 3.07. The molecule has 1 aliphatic heterocycles. The maximum Gasteiger partial charge on any atom is 0.270 e. The van der Waals surface area contributed by atoms with E-state index in [0.717, 1.165) is 11.1 Å². The average Bonchev–Trinajstić information content (AvgIpc) is 3.11. The van der Waals surface area contributed by atoms with E-state index < -0.39 is 5.91 Å². The molecule has 26 heavy (non-hydrogen) atoms. The standard InChI is InChI=1S/C19H17N5O2/c20-18(25)17-12-24(22-21-17)14-10-23(11-14)19(26)16-9-5-4-8-15(16)13-6-2-1-3-7-13/h1-9,12,14H,10-11H2,(H2,20,25). The maximum atomic E-state index is 12.9. The van der Waals surface area contributed by atoms with E-state index in [1.165, 1.54) is 6.20 Å². The molecule has 3 aromatic rings. The first-order valence-electron chi connectivity index (χ1n) is 8.29. The highest BCUT2D eigenvalue weighted by Crippen LogP contribution is 2.28. The summed E-state index contributed by atoms with van der Waals surface area (Å²) in [6.07, 6.45) is 1.52. The first-order valence-corrected chi connectivity index (χ1v) is 8.29. The molecule has 0 spiro atoms. The van der Waals surface area contributed by atoms with Gasteiger partial charge in [-0.2, -0.15) is 0 Å². The molecule has 1 fully saturated rings. The molecule has 1 saturated heterocycles. The van der Waals surface area contributed by atoms with Crippen molar-refractivity contribution in [2.24, 2.45) is 5.73 Å². The van der Waals surface area contributed by atoms with Gasteiger partial charge in [-0.25, -0.2) is 4.68 Å². The fraction of sp³-hybridized carbons (Fsp3) is 0.158. The number of benzene rings is 2. The normalized spacial score (nSPS) is 14.1. The molecule has 0 aliphatic carbocycles. The van der Waals surface area contributed by atoms with Gasteiger partial charge in [0, 0.05) is 18.7 Å². The van der Waals surface area contributed by atoms with Crippen molar-refractivity contribution in [3.63, 3.8) is 0 Å². The predicted molar refractivity (Wildman–Crippen MR) is 95.4 cm³/mol. The summed E-state index contributed by atoms with van der Waals surface area (Å²) >= 11 is 0. The van der Waals surface area contributed by atoms with Crippen molar-refractivity contribution >= 4 is 11.8 Å². The second kappa shape index (κ2) is 6.44. The summed E-state index contributed by atoms with van der Waals surface area (Å²) in [5, 5.41) is 7.65. The van der Waals surface area contributed by atoms with Gasteiger partial charge in [0.15, 0.2) is 5.69 Å². The monoisotopic (exact) mass is 347 g/mol. The van der Waals surface area contributed by atoms with Crippen LogP contribution in [0.3, 0.4) is 0 Å². The van der Waals surface area contributed by atoms with Crippen molar-refractivity contribution in [2.45, 2.75) is 6.04 Å². The predicted octanol–water partition coefficient (Wildman–Crippen LogP) is 1.74. The van der Waals surface area contributed by atoms with Gasteiger partial charge in [-0.3, -0.25) is 9.59 Å². The third-order valence-corrected chi connectivity index (χ3v) is 4.53. The van der Waals surface area contributed by atoms with Gasteiger partial charge in [-0.05, 0) is 17.2 Å². The van der Waals surface area contributed by atoms with Crippen molar-refractivity contribution < 1.29 is 9.59 Å². The lowest BCUT2D eigenvalue weighted by atomic mass is 9.97. The minimum absolute atomic E-state index is 0.00318. The highest BCUT2D eigenvalue weighted by molar-refractivity contribution is 6.01. The number of nitrogens with two attached hydrogens (primary N) is 1. The van der Waals surface area contributed by atoms with Crippen molar-refractivity contribution in [2.75, 3.05) is 13.1 Å². The van der Waals surface area contributed by atoms with Crippen LogP contribution in [0.15, 0.2) is 60.8 Å². The molecule has 0 saturated carbocycles. The summed E-state index contributed by atoms with van der Waals surface area (Å²) in [4.78, 5) is 25.8. The Hall–Kier alpha value is -3.48. The summed E-state index contributed by atoms with van der Waals surface area (Å²) in [5.41, 5.74) is 7.92. The Morgan fingerprint density at radius 3 is 2.38 bits per heavy atom. The molecule has 0 unspecified atom stereocenters. The largest absolute Gasteiger partial charge is 0.364 e. The lowest BCUT2D eigenvalue weighted by molar-refractivity contribution is 0.0499. The lowest BCUT2D eigenvalue weighted by Crippen LogP contribution is -2.51. The Morgan fingerprint density at radius 2 is 1.69 bits per heavy atom. The maximum absolute atomic E-state index is 12.9. The van der Waals surface area contributed by atoms with Crippen LogP contribution in [0.2, 0.25) is 0 Å². The molecule has 7 nitrogen and oxygen atoms in total. The molecule has 2 aromatic carbocycles. The number of amides is 2. The molecule has 7 heteroatoms. The van der Waals surface area contributed by atoms with E-state index in [9.17, 15) is 9.59 Å². The van der Waals surface area contributed by atoms with Crippen LogP contribution in [0.25, 0.3) is 11.1 Å². The van der Waals surface area contributed by atoms with E-state index in [1.807, 2.05) is 54.6 Å². The van der Waals surface area contributed by atoms with Crippen molar-refractivity contribution in [1.29, 1.82) is 0 Å². The molecule has 0 bridgehead atoms. The Morgan fingerprint density at radius 1 is 1.00 bits per heavy atom. The van der Waals surface area contributed by atoms with Gasteiger partial charge in [0.25, 0.3) is 11.8 Å². The molecule has 2 amide bonds. The Labute approximate surface area is 150 Å². The zero-order valence-corrected chi connectivity index (χ0v) is 13.9. The molecule has 0 atom stereocenters. The van der Waals surface area contributed by atoms with Crippen LogP contribution in [-0.2, 0) is 0 Å². The zero-order chi connectivity index (χ0) is 18.1. The summed E-state index contributed by atoms with van der Waals surface area (Å²) in [5.74, 6) is -0.628. The highest BCUT2D eigenvalue weighted by Gasteiger charge is 2.34. The Kier molecular flexibility index (Phi) is 3.96. The molecular weight excluding hydrogens is 330 g/mol. The number of rotatable bonds is 4. The lowest BCUT2D eigenvalue weighted by Gasteiger charge is -2.39. The topological polar surface area (TPSA) is 94.1 Å². The number of carbonyl (C=O) groups is 2. The molecule has 0 radical (unpaired) electrons. The number of primary amides is 1. The third-order valence-electron chi connectivity index (χ3n) is 4.53. The van der Waals surface area contributed by atoms with Crippen LogP contribution < -0.4 is 5.73 Å². The van der Waals surface area contributed by atoms with E-state index in [-0.39, 0.29) is 17.6 Å². The van der Waals surface area contributed by atoms with Gasteiger partial charge in [0.05, 0.1) is 12.2 Å².